The summed E-state index contributed by atoms with van der Waals surface area (Å²) in [6.45, 7) is 0. The van der Waals surface area contributed by atoms with E-state index in [0.717, 1.165) is 23.7 Å². The van der Waals surface area contributed by atoms with E-state index in [2.05, 4.69) is 60.5 Å². The lowest BCUT2D eigenvalue weighted by atomic mass is 10.2. The van der Waals surface area contributed by atoms with Crippen LogP contribution in [-0.4, -0.2) is 29.8 Å². The fourth-order valence-corrected chi connectivity index (χ4v) is 3.75. The van der Waals surface area contributed by atoms with Crippen LogP contribution in [-0.2, 0) is 7.05 Å². The molecule has 0 unspecified atom stereocenters. The number of benzene rings is 2. The van der Waals surface area contributed by atoms with Gasteiger partial charge in [-0.2, -0.15) is 10.2 Å². The summed E-state index contributed by atoms with van der Waals surface area (Å²) in [6.07, 6.45) is 0. The van der Waals surface area contributed by atoms with Gasteiger partial charge in [-0.05, 0) is 57.3 Å². The molecule has 0 bridgehead atoms. The molecule has 0 fully saturated rings. The largest absolute Gasteiger partial charge is 0.271 e. The van der Waals surface area contributed by atoms with E-state index in [1.165, 1.54) is 24.3 Å². The summed E-state index contributed by atoms with van der Waals surface area (Å²) in [5, 5.41) is 33.7. The van der Waals surface area contributed by atoms with Crippen LogP contribution in [0.5, 0.6) is 0 Å². The van der Waals surface area contributed by atoms with Gasteiger partial charge >= 0.3 is 0 Å². The van der Waals surface area contributed by atoms with E-state index in [4.69, 9.17) is 0 Å². The van der Waals surface area contributed by atoms with Gasteiger partial charge in [0.15, 0.2) is 0 Å². The molecule has 2 heterocycles. The molecular formula is C15H10I2N6O4. The molecule has 138 valence electrons. The Labute approximate surface area is 178 Å². The van der Waals surface area contributed by atoms with Gasteiger partial charge in [-0.25, -0.2) is 0 Å². The number of halogens is 2. The Morgan fingerprint density at radius 3 is 2.22 bits per heavy atom. The van der Waals surface area contributed by atoms with Gasteiger partial charge in [0.25, 0.3) is 11.4 Å². The highest BCUT2D eigenvalue weighted by Crippen LogP contribution is 2.24. The molecular weight excluding hydrogens is 582 g/mol. The molecule has 0 atom stereocenters. The molecule has 27 heavy (non-hydrogen) atoms. The number of H-pyrrole nitrogens is 1. The number of nitro groups is 2. The van der Waals surface area contributed by atoms with Gasteiger partial charge in [-0.15, -0.1) is 0 Å². The van der Waals surface area contributed by atoms with Crippen molar-refractivity contribution < 1.29 is 9.85 Å². The van der Waals surface area contributed by atoms with E-state index in [9.17, 15) is 20.2 Å². The van der Waals surface area contributed by atoms with E-state index >= 15 is 0 Å². The van der Waals surface area contributed by atoms with E-state index in [-0.39, 0.29) is 11.4 Å². The summed E-state index contributed by atoms with van der Waals surface area (Å²) < 4.78 is 3.39. The Bertz CT molecular complexity index is 1190. The molecule has 2 aromatic heterocycles. The molecule has 12 heteroatoms. The average molecular weight is 592 g/mol. The predicted octanol–water partition coefficient (Wildman–Crippen LogP) is 4.16. The van der Waals surface area contributed by atoms with E-state index < -0.39 is 9.85 Å². The fourth-order valence-electron chi connectivity index (χ4n) is 2.40. The maximum Gasteiger partial charge on any atom is 0.271 e. The molecule has 0 spiro atoms. The molecule has 4 rings (SSSR count). The van der Waals surface area contributed by atoms with E-state index in [1.54, 1.807) is 23.9 Å². The van der Waals surface area contributed by atoms with Crippen LogP contribution in [0, 0.1) is 27.6 Å². The molecule has 1 N–H and O–H groups in total. The van der Waals surface area contributed by atoms with Crippen LogP contribution < -0.4 is 0 Å². The predicted molar refractivity (Wildman–Crippen MR) is 116 cm³/mol. The van der Waals surface area contributed by atoms with Crippen molar-refractivity contribution in [2.75, 3.05) is 0 Å². The van der Waals surface area contributed by atoms with Crippen LogP contribution in [0.2, 0.25) is 0 Å². The molecule has 4 aromatic rings. The summed E-state index contributed by atoms with van der Waals surface area (Å²) in [5.74, 6) is 0. The van der Waals surface area contributed by atoms with Crippen molar-refractivity contribution in [3.05, 3.63) is 64.0 Å². The molecule has 2 aromatic carbocycles. The van der Waals surface area contributed by atoms with Crippen molar-refractivity contribution in [1.29, 1.82) is 0 Å². The first-order chi connectivity index (χ1) is 12.8. The number of nitrogens with one attached hydrogen (secondary N) is 1. The first kappa shape index (κ1) is 19.4. The van der Waals surface area contributed by atoms with Crippen molar-refractivity contribution >= 4 is 78.4 Å². The van der Waals surface area contributed by atoms with Gasteiger partial charge in [-0.3, -0.25) is 30.0 Å². The lowest BCUT2D eigenvalue weighted by Gasteiger charge is -1.93. The molecule has 0 saturated heterocycles. The number of rotatable bonds is 2. The normalized spacial score (nSPS) is 10.6. The van der Waals surface area contributed by atoms with Crippen molar-refractivity contribution in [3.8, 4) is 0 Å². The average Bonchev–Trinajstić information content (AvgIpc) is 3.15. The summed E-state index contributed by atoms with van der Waals surface area (Å²) >= 11 is 4.20. The fraction of sp³-hybridized carbons (Fsp3) is 0.0667. The Balaban J connectivity index is 0.000000156. The number of nitro benzene ring substituents is 2. The molecule has 0 aliphatic heterocycles. The number of aromatic nitrogens is 4. The number of aryl methyl sites for hydroxylation is 1. The highest BCUT2D eigenvalue weighted by Gasteiger charge is 2.11. The number of hydrogen-bond donors (Lipinski definition) is 1. The van der Waals surface area contributed by atoms with E-state index in [1.807, 2.05) is 0 Å². The van der Waals surface area contributed by atoms with Gasteiger partial charge in [0, 0.05) is 42.1 Å². The van der Waals surface area contributed by atoms with Gasteiger partial charge < -0.3 is 0 Å². The van der Waals surface area contributed by atoms with Crippen LogP contribution in [0.1, 0.15) is 0 Å². The number of nitrogens with zero attached hydrogens (tertiary/aromatic N) is 5. The molecule has 0 amide bonds. The third kappa shape index (κ3) is 4.00. The summed E-state index contributed by atoms with van der Waals surface area (Å²) in [6, 6.07) is 9.37. The highest BCUT2D eigenvalue weighted by molar-refractivity contribution is 14.1. The second kappa shape index (κ2) is 7.71. The molecule has 10 nitrogen and oxygen atoms in total. The molecule has 0 radical (unpaired) electrons. The Morgan fingerprint density at radius 1 is 1.00 bits per heavy atom. The molecule has 0 saturated carbocycles. The van der Waals surface area contributed by atoms with E-state index in [0.29, 0.717) is 5.52 Å². The van der Waals surface area contributed by atoms with Crippen molar-refractivity contribution in [1.82, 2.24) is 20.0 Å². The Morgan fingerprint density at radius 2 is 1.59 bits per heavy atom. The number of fused-ring (bicyclic) bond motifs is 2. The zero-order chi connectivity index (χ0) is 19.7. The number of non-ortho nitro benzene ring substituents is 2. The topological polar surface area (TPSA) is 133 Å². The minimum absolute atomic E-state index is 0.0652. The monoisotopic (exact) mass is 592 g/mol. The minimum atomic E-state index is -0.430. The van der Waals surface area contributed by atoms with Crippen LogP contribution in [0.3, 0.4) is 0 Å². The van der Waals surface area contributed by atoms with Gasteiger partial charge in [0.1, 0.15) is 12.9 Å². The second-order valence-electron chi connectivity index (χ2n) is 5.37. The smallest absolute Gasteiger partial charge is 0.271 e. The van der Waals surface area contributed by atoms with Gasteiger partial charge in [0.2, 0.25) is 0 Å². The quantitative estimate of drug-likeness (QED) is 0.211. The maximum absolute atomic E-state index is 10.5. The first-order valence-corrected chi connectivity index (χ1v) is 9.48. The summed E-state index contributed by atoms with van der Waals surface area (Å²) in [4.78, 5) is 20.1. The second-order valence-corrected chi connectivity index (χ2v) is 7.47. The van der Waals surface area contributed by atoms with Gasteiger partial charge in [-0.1, -0.05) is 0 Å². The van der Waals surface area contributed by atoms with Gasteiger partial charge in [0.05, 0.1) is 15.4 Å². The minimum Gasteiger partial charge on any atom is -0.271 e. The lowest BCUT2D eigenvalue weighted by Crippen LogP contribution is -1.91. The Kier molecular flexibility index (Phi) is 5.54. The third-order valence-corrected chi connectivity index (χ3v) is 5.32. The zero-order valence-electron chi connectivity index (χ0n) is 13.6. The summed E-state index contributed by atoms with van der Waals surface area (Å²) in [7, 11) is 1.77. The van der Waals surface area contributed by atoms with Crippen LogP contribution in [0.25, 0.3) is 21.8 Å². The maximum atomic E-state index is 10.5. The number of aromatic amines is 1. The Hall–Kier alpha value is -2.36. The highest BCUT2D eigenvalue weighted by atomic mass is 127. The van der Waals surface area contributed by atoms with Crippen LogP contribution in [0.15, 0.2) is 36.4 Å². The van der Waals surface area contributed by atoms with Crippen LogP contribution >= 0.6 is 45.2 Å². The van der Waals surface area contributed by atoms with Crippen molar-refractivity contribution in [2.24, 2.45) is 7.05 Å². The summed E-state index contributed by atoms with van der Waals surface area (Å²) in [5.41, 5.74) is 1.56. The number of hydrogen-bond acceptors (Lipinski definition) is 6. The molecule has 0 aliphatic rings. The third-order valence-electron chi connectivity index (χ3n) is 3.70. The van der Waals surface area contributed by atoms with Crippen molar-refractivity contribution in [3.63, 3.8) is 0 Å². The first-order valence-electron chi connectivity index (χ1n) is 7.32. The zero-order valence-corrected chi connectivity index (χ0v) is 17.9. The standard InChI is InChI=1S/C8H6IN3O2.C7H4IN3O2/c1-11-7-4-5(12(13)14)2-3-6(7)8(9)10-11;8-7-5-2-1-4(11(12)13)3-6(5)9-10-7/h2-4H,1H3;1-3H,(H,9,10). The molecule has 0 aliphatic carbocycles. The van der Waals surface area contributed by atoms with Crippen LogP contribution in [0.4, 0.5) is 11.4 Å². The van der Waals surface area contributed by atoms with Crippen molar-refractivity contribution in [2.45, 2.75) is 0 Å². The SMILES string of the molecule is Cn1nc(I)c2ccc([N+](=O)[O-])cc21.O=[N+]([O-])c1ccc2c(I)[nH]nc2c1. The lowest BCUT2D eigenvalue weighted by molar-refractivity contribution is -0.384.